The Balaban J connectivity index is 2.24. The van der Waals surface area contributed by atoms with E-state index in [0.29, 0.717) is 29.5 Å². The third-order valence-electron chi connectivity index (χ3n) is 2.17. The van der Waals surface area contributed by atoms with Gasteiger partial charge in [0.05, 0.1) is 11.1 Å². The minimum atomic E-state index is -0.288. The van der Waals surface area contributed by atoms with E-state index in [4.69, 9.17) is 9.47 Å². The molecular formula is C12H17BrFNO2. The predicted molar refractivity (Wildman–Crippen MR) is 68.9 cm³/mol. The van der Waals surface area contributed by atoms with E-state index in [1.165, 1.54) is 6.07 Å². The summed E-state index contributed by atoms with van der Waals surface area (Å²) in [5.74, 6) is 0.365. The molecule has 1 rings (SSSR count). The summed E-state index contributed by atoms with van der Waals surface area (Å²) in [5.41, 5.74) is 0. The van der Waals surface area contributed by atoms with Crippen molar-refractivity contribution in [2.24, 2.45) is 0 Å². The van der Waals surface area contributed by atoms with E-state index in [2.05, 4.69) is 21.2 Å². The van der Waals surface area contributed by atoms with Crippen LogP contribution in [0.3, 0.4) is 0 Å². The molecule has 1 unspecified atom stereocenters. The molecule has 0 aliphatic heterocycles. The van der Waals surface area contributed by atoms with Crippen LogP contribution in [0.1, 0.15) is 6.92 Å². The zero-order valence-corrected chi connectivity index (χ0v) is 11.6. The van der Waals surface area contributed by atoms with Gasteiger partial charge in [0, 0.05) is 19.7 Å². The van der Waals surface area contributed by atoms with Crippen LogP contribution in [0.15, 0.2) is 22.7 Å². The first kappa shape index (κ1) is 14.4. The highest BCUT2D eigenvalue weighted by atomic mass is 79.9. The van der Waals surface area contributed by atoms with E-state index in [1.807, 2.05) is 6.92 Å². The molecule has 96 valence electrons. The fraction of sp³-hybridized carbons (Fsp3) is 0.500. The van der Waals surface area contributed by atoms with Crippen LogP contribution >= 0.6 is 15.9 Å². The molecule has 0 aromatic heterocycles. The van der Waals surface area contributed by atoms with Gasteiger partial charge in [0.2, 0.25) is 0 Å². The van der Waals surface area contributed by atoms with E-state index < -0.39 is 0 Å². The summed E-state index contributed by atoms with van der Waals surface area (Å²) < 4.78 is 23.8. The van der Waals surface area contributed by atoms with Crippen LogP contribution in [-0.4, -0.2) is 32.9 Å². The molecule has 0 radical (unpaired) electrons. The van der Waals surface area contributed by atoms with Crippen molar-refractivity contribution in [2.45, 2.75) is 13.0 Å². The first-order valence-corrected chi connectivity index (χ1v) is 6.23. The van der Waals surface area contributed by atoms with Gasteiger partial charge >= 0.3 is 0 Å². The predicted octanol–water partition coefficient (Wildman–Crippen LogP) is 2.59. The maximum atomic E-state index is 12.9. The zero-order valence-electron chi connectivity index (χ0n) is 10.0. The molecule has 3 nitrogen and oxygen atoms in total. The lowest BCUT2D eigenvalue weighted by molar-refractivity contribution is 0.169. The van der Waals surface area contributed by atoms with Crippen LogP contribution in [0.25, 0.3) is 0 Å². The average molecular weight is 306 g/mol. The lowest BCUT2D eigenvalue weighted by Crippen LogP contribution is -2.33. The number of hydrogen-bond donors (Lipinski definition) is 1. The van der Waals surface area contributed by atoms with Crippen molar-refractivity contribution in [3.63, 3.8) is 0 Å². The maximum absolute atomic E-state index is 12.9. The summed E-state index contributed by atoms with van der Waals surface area (Å²) in [6.07, 6.45) is 0. The molecule has 0 heterocycles. The second-order valence-corrected chi connectivity index (χ2v) is 4.59. The van der Waals surface area contributed by atoms with E-state index >= 15 is 0 Å². The Morgan fingerprint density at radius 1 is 1.47 bits per heavy atom. The molecule has 0 aliphatic rings. The number of methoxy groups -OCH3 is 1. The molecular weight excluding hydrogens is 289 g/mol. The number of nitrogens with one attached hydrogen (secondary N) is 1. The van der Waals surface area contributed by atoms with Gasteiger partial charge in [0.25, 0.3) is 0 Å². The fourth-order valence-electron chi connectivity index (χ4n) is 1.35. The van der Waals surface area contributed by atoms with Gasteiger partial charge in [-0.1, -0.05) is 0 Å². The molecule has 1 aromatic rings. The Labute approximate surface area is 109 Å². The van der Waals surface area contributed by atoms with Crippen LogP contribution < -0.4 is 10.1 Å². The van der Waals surface area contributed by atoms with Gasteiger partial charge in [0.15, 0.2) is 0 Å². The van der Waals surface area contributed by atoms with E-state index in [0.717, 1.165) is 6.54 Å². The number of ether oxygens (including phenoxy) is 2. The van der Waals surface area contributed by atoms with Crippen molar-refractivity contribution >= 4 is 15.9 Å². The Morgan fingerprint density at radius 3 is 2.88 bits per heavy atom. The van der Waals surface area contributed by atoms with Gasteiger partial charge in [-0.3, -0.25) is 0 Å². The Morgan fingerprint density at radius 2 is 2.24 bits per heavy atom. The van der Waals surface area contributed by atoms with Crippen LogP contribution in [0.4, 0.5) is 4.39 Å². The summed E-state index contributed by atoms with van der Waals surface area (Å²) in [6, 6.07) is 4.90. The number of rotatable bonds is 7. The first-order valence-electron chi connectivity index (χ1n) is 5.43. The third kappa shape index (κ3) is 5.48. The van der Waals surface area contributed by atoms with Crippen LogP contribution in [0, 0.1) is 5.82 Å². The van der Waals surface area contributed by atoms with Crippen LogP contribution in [0.2, 0.25) is 0 Å². The zero-order chi connectivity index (χ0) is 12.7. The average Bonchev–Trinajstić information content (AvgIpc) is 2.29. The largest absolute Gasteiger partial charge is 0.492 e. The topological polar surface area (TPSA) is 30.5 Å². The molecule has 5 heteroatoms. The highest BCUT2D eigenvalue weighted by Gasteiger charge is 2.02. The lowest BCUT2D eigenvalue weighted by atomic mass is 10.3. The van der Waals surface area contributed by atoms with Gasteiger partial charge in [0.1, 0.15) is 18.2 Å². The second-order valence-electron chi connectivity index (χ2n) is 3.73. The Kier molecular flexibility index (Phi) is 6.47. The summed E-state index contributed by atoms with van der Waals surface area (Å²) in [5, 5.41) is 3.24. The van der Waals surface area contributed by atoms with Crippen molar-refractivity contribution in [2.75, 3.05) is 26.9 Å². The van der Waals surface area contributed by atoms with Crippen molar-refractivity contribution < 1.29 is 13.9 Å². The smallest absolute Gasteiger partial charge is 0.137 e. The lowest BCUT2D eigenvalue weighted by Gasteiger charge is -2.13. The molecule has 0 spiro atoms. The minimum Gasteiger partial charge on any atom is -0.492 e. The Hall–Kier alpha value is -0.650. The van der Waals surface area contributed by atoms with Gasteiger partial charge in [-0.05, 0) is 41.1 Å². The van der Waals surface area contributed by atoms with E-state index in [1.54, 1.807) is 19.2 Å². The van der Waals surface area contributed by atoms with E-state index in [9.17, 15) is 4.39 Å². The molecule has 0 fully saturated rings. The number of benzene rings is 1. The highest BCUT2D eigenvalue weighted by Crippen LogP contribution is 2.21. The fourth-order valence-corrected chi connectivity index (χ4v) is 1.71. The maximum Gasteiger partial charge on any atom is 0.137 e. The molecule has 17 heavy (non-hydrogen) atoms. The van der Waals surface area contributed by atoms with Gasteiger partial charge < -0.3 is 14.8 Å². The standard InChI is InChI=1S/C12H17BrFNO2/c1-9(8-16-2)15-5-6-17-10-3-4-12(14)11(13)7-10/h3-4,7,9,15H,5-6,8H2,1-2H3. The van der Waals surface area contributed by atoms with E-state index in [-0.39, 0.29) is 5.82 Å². The third-order valence-corrected chi connectivity index (χ3v) is 2.78. The minimum absolute atomic E-state index is 0.288. The van der Waals surface area contributed by atoms with Crippen LogP contribution in [0.5, 0.6) is 5.75 Å². The summed E-state index contributed by atoms with van der Waals surface area (Å²) >= 11 is 3.11. The van der Waals surface area contributed by atoms with Crippen molar-refractivity contribution in [3.05, 3.63) is 28.5 Å². The summed E-state index contributed by atoms with van der Waals surface area (Å²) in [4.78, 5) is 0. The first-order chi connectivity index (χ1) is 8.13. The normalized spacial score (nSPS) is 12.5. The van der Waals surface area contributed by atoms with Crippen molar-refractivity contribution in [1.82, 2.24) is 5.32 Å². The molecule has 1 N–H and O–H groups in total. The van der Waals surface area contributed by atoms with Crippen molar-refractivity contribution in [3.8, 4) is 5.75 Å². The number of halogens is 2. The SMILES string of the molecule is COCC(C)NCCOc1ccc(F)c(Br)c1. The highest BCUT2D eigenvalue weighted by molar-refractivity contribution is 9.10. The monoisotopic (exact) mass is 305 g/mol. The van der Waals surface area contributed by atoms with Gasteiger partial charge in [-0.2, -0.15) is 0 Å². The molecule has 0 saturated heterocycles. The van der Waals surface area contributed by atoms with Crippen LogP contribution in [-0.2, 0) is 4.74 Å². The Bertz CT molecular complexity index is 349. The molecule has 0 bridgehead atoms. The van der Waals surface area contributed by atoms with Gasteiger partial charge in [-0.25, -0.2) is 4.39 Å². The second kappa shape index (κ2) is 7.63. The molecule has 0 saturated carbocycles. The molecule has 0 amide bonds. The number of hydrogen-bond acceptors (Lipinski definition) is 3. The quantitative estimate of drug-likeness (QED) is 0.786. The summed E-state index contributed by atoms with van der Waals surface area (Å²) in [7, 11) is 1.67. The van der Waals surface area contributed by atoms with Crippen molar-refractivity contribution in [1.29, 1.82) is 0 Å². The summed E-state index contributed by atoms with van der Waals surface area (Å²) in [6.45, 7) is 3.96. The van der Waals surface area contributed by atoms with Gasteiger partial charge in [-0.15, -0.1) is 0 Å². The molecule has 1 aromatic carbocycles. The molecule has 0 aliphatic carbocycles. The molecule has 1 atom stereocenters.